The predicted octanol–water partition coefficient (Wildman–Crippen LogP) is 1.19. The topological polar surface area (TPSA) is 170 Å². The van der Waals surface area contributed by atoms with Gasteiger partial charge >= 0.3 is 0 Å². The molecule has 14 heteroatoms. The van der Waals surface area contributed by atoms with Crippen LogP contribution in [0.25, 0.3) is 11.2 Å². The van der Waals surface area contributed by atoms with Crippen LogP contribution < -0.4 is 5.32 Å². The van der Waals surface area contributed by atoms with E-state index >= 15 is 0 Å². The number of nitrogens with zero attached hydrogens (tertiary/aromatic N) is 5. The van der Waals surface area contributed by atoms with Crippen molar-refractivity contribution in [3.8, 4) is 0 Å². The molecule has 0 spiro atoms. The van der Waals surface area contributed by atoms with E-state index in [1.807, 2.05) is 0 Å². The Morgan fingerprint density at radius 3 is 2.70 bits per heavy atom. The summed E-state index contributed by atoms with van der Waals surface area (Å²) in [5.41, 5.74) is 1.53. The minimum absolute atomic E-state index is 0. The van der Waals surface area contributed by atoms with Crippen molar-refractivity contribution in [3.05, 3.63) is 35.4 Å². The van der Waals surface area contributed by atoms with Gasteiger partial charge in [-0.3, -0.25) is 0 Å². The Morgan fingerprint density at radius 1 is 1.16 bits per heavy atom. The predicted molar refractivity (Wildman–Crippen MR) is 131 cm³/mol. The molecular weight excluding hydrogens is 510 g/mol. The number of aromatic nitrogens is 5. The van der Waals surface area contributed by atoms with Crippen molar-refractivity contribution < 1.29 is 34.3 Å². The standard InChI is InChI=1S/C23H28F2N6O4S.H2O/c1-2-7-36-23-27-21(26-15-9-12(15)11-3-4-13(24)14(25)8-11)18-22(28-23)31(30-29-18)16-10-17(35-6-5-32)20(34)19(16)33;/h3-4,8,12,15-17,19-20,32-34H,2,5-7,9-10H2,1H3,(H,26,27,28);1H2/t12-,15+,16+,17-,19-,20+;/m0./s1. The third kappa shape index (κ3) is 5.54. The Balaban J connectivity index is 0.00000320. The van der Waals surface area contributed by atoms with Gasteiger partial charge in [-0.25, -0.2) is 23.4 Å². The molecule has 0 unspecified atom stereocenters. The van der Waals surface area contributed by atoms with Gasteiger partial charge in [-0.2, -0.15) is 0 Å². The maximum atomic E-state index is 13.7. The quantitative estimate of drug-likeness (QED) is 0.216. The number of aliphatic hydroxyl groups excluding tert-OH is 3. The van der Waals surface area contributed by atoms with Gasteiger partial charge in [0.2, 0.25) is 0 Å². The summed E-state index contributed by atoms with van der Waals surface area (Å²) in [6, 6.07) is 3.26. The first kappa shape index (κ1) is 27.5. The normalized spacial score (nSPS) is 26.9. The summed E-state index contributed by atoms with van der Waals surface area (Å²) in [4.78, 5) is 9.27. The smallest absolute Gasteiger partial charge is 0.191 e. The molecule has 1 aromatic carbocycles. The number of aliphatic hydroxyl groups is 3. The SMILES string of the molecule is CCCSc1nc(N[C@@H]2C[C@H]2c2ccc(F)c(F)c2)c2nnn([C@@H]3C[C@H](OCCO)[C@@H](O)[C@H]3O)c2n1.O. The third-order valence-corrected chi connectivity index (χ3v) is 7.61. The molecule has 202 valence electrons. The first-order chi connectivity index (χ1) is 17.4. The van der Waals surface area contributed by atoms with Crippen molar-refractivity contribution in [2.45, 2.75) is 67.7 Å². The number of ether oxygens (including phenoxy) is 1. The first-order valence-electron chi connectivity index (χ1n) is 12.0. The van der Waals surface area contributed by atoms with Crippen LogP contribution in [0, 0.1) is 11.6 Å². The number of benzene rings is 1. The van der Waals surface area contributed by atoms with Gasteiger partial charge < -0.3 is 30.8 Å². The molecule has 0 radical (unpaired) electrons. The van der Waals surface area contributed by atoms with Crippen molar-refractivity contribution in [3.63, 3.8) is 0 Å². The molecule has 2 aliphatic rings. The zero-order valence-corrected chi connectivity index (χ0v) is 20.9. The van der Waals surface area contributed by atoms with Gasteiger partial charge in [-0.15, -0.1) is 5.10 Å². The third-order valence-electron chi connectivity index (χ3n) is 6.56. The highest BCUT2D eigenvalue weighted by Crippen LogP contribution is 2.44. The number of hydrogen-bond donors (Lipinski definition) is 4. The van der Waals surface area contributed by atoms with Crippen molar-refractivity contribution in [2.75, 3.05) is 24.3 Å². The number of fused-ring (bicyclic) bond motifs is 1. The van der Waals surface area contributed by atoms with Crippen molar-refractivity contribution in [1.29, 1.82) is 0 Å². The maximum Gasteiger partial charge on any atom is 0.191 e. The number of thioether (sulfide) groups is 1. The van der Waals surface area contributed by atoms with E-state index in [0.717, 1.165) is 24.7 Å². The Bertz CT molecular complexity index is 1240. The van der Waals surface area contributed by atoms with Crippen LogP contribution in [0.3, 0.4) is 0 Å². The van der Waals surface area contributed by atoms with Crippen LogP contribution in [-0.4, -0.2) is 89.1 Å². The highest BCUT2D eigenvalue weighted by molar-refractivity contribution is 7.99. The molecular formula is C23H30F2N6O5S. The van der Waals surface area contributed by atoms with Crippen molar-refractivity contribution in [2.24, 2.45) is 0 Å². The Kier molecular flexibility index (Phi) is 8.56. The zero-order valence-electron chi connectivity index (χ0n) is 20.1. The van der Waals surface area contributed by atoms with Crippen LogP contribution in [0.2, 0.25) is 0 Å². The zero-order chi connectivity index (χ0) is 25.4. The molecule has 3 aromatic rings. The van der Waals surface area contributed by atoms with E-state index < -0.39 is 36.0 Å². The first-order valence-corrected chi connectivity index (χ1v) is 13.0. The number of anilines is 1. The summed E-state index contributed by atoms with van der Waals surface area (Å²) in [7, 11) is 0. The Morgan fingerprint density at radius 2 is 1.97 bits per heavy atom. The minimum Gasteiger partial charge on any atom is -0.412 e. The van der Waals surface area contributed by atoms with Gasteiger partial charge in [-0.1, -0.05) is 30.0 Å². The van der Waals surface area contributed by atoms with Gasteiger partial charge in [-0.05, 0) is 30.5 Å². The molecule has 2 aromatic heterocycles. The molecule has 6 atom stereocenters. The van der Waals surface area contributed by atoms with E-state index in [0.29, 0.717) is 27.7 Å². The van der Waals surface area contributed by atoms with E-state index in [1.165, 1.54) is 22.5 Å². The number of halogens is 2. The van der Waals surface area contributed by atoms with Gasteiger partial charge in [0.1, 0.15) is 12.2 Å². The molecule has 6 N–H and O–H groups in total. The summed E-state index contributed by atoms with van der Waals surface area (Å²) >= 11 is 1.48. The van der Waals surface area contributed by atoms with Crippen LogP contribution in [0.4, 0.5) is 14.6 Å². The molecule has 0 amide bonds. The molecule has 2 heterocycles. The number of hydrogen-bond acceptors (Lipinski definition) is 10. The molecule has 2 saturated carbocycles. The van der Waals surface area contributed by atoms with Crippen LogP contribution in [0.15, 0.2) is 23.4 Å². The monoisotopic (exact) mass is 540 g/mol. The van der Waals surface area contributed by atoms with Crippen molar-refractivity contribution >= 4 is 28.7 Å². The molecule has 0 bridgehead atoms. The fourth-order valence-electron chi connectivity index (χ4n) is 4.61. The van der Waals surface area contributed by atoms with Gasteiger partial charge in [0.25, 0.3) is 0 Å². The summed E-state index contributed by atoms with van der Waals surface area (Å²) < 4.78 is 34.0. The maximum absolute atomic E-state index is 13.7. The van der Waals surface area contributed by atoms with Crippen LogP contribution in [-0.2, 0) is 4.74 Å². The van der Waals surface area contributed by atoms with E-state index in [-0.39, 0.29) is 37.1 Å². The molecule has 0 saturated heterocycles. The van der Waals surface area contributed by atoms with Crippen LogP contribution in [0.1, 0.15) is 43.7 Å². The minimum atomic E-state index is -1.15. The lowest BCUT2D eigenvalue weighted by molar-refractivity contribution is -0.0629. The van der Waals surface area contributed by atoms with E-state index in [4.69, 9.17) is 9.84 Å². The fourth-order valence-corrected chi connectivity index (χ4v) is 5.31. The largest absolute Gasteiger partial charge is 0.412 e. The van der Waals surface area contributed by atoms with E-state index in [9.17, 15) is 19.0 Å². The molecule has 37 heavy (non-hydrogen) atoms. The average molecular weight is 541 g/mol. The lowest BCUT2D eigenvalue weighted by Gasteiger charge is -2.17. The second-order valence-corrected chi connectivity index (χ2v) is 10.2. The summed E-state index contributed by atoms with van der Waals surface area (Å²) in [5, 5.41) is 42.5. The Labute approximate surface area is 215 Å². The second-order valence-electron chi connectivity index (χ2n) is 9.09. The van der Waals surface area contributed by atoms with E-state index in [1.54, 1.807) is 6.07 Å². The van der Waals surface area contributed by atoms with Gasteiger partial charge in [0.15, 0.2) is 33.8 Å². The molecule has 11 nitrogen and oxygen atoms in total. The lowest BCUT2D eigenvalue weighted by Crippen LogP contribution is -2.33. The summed E-state index contributed by atoms with van der Waals surface area (Å²) in [6.07, 6.45) is -1.04. The van der Waals surface area contributed by atoms with Crippen LogP contribution >= 0.6 is 11.8 Å². The molecule has 5 rings (SSSR count). The molecule has 2 aliphatic carbocycles. The highest BCUT2D eigenvalue weighted by atomic mass is 32.2. The van der Waals surface area contributed by atoms with E-state index in [2.05, 4.69) is 32.5 Å². The lowest BCUT2D eigenvalue weighted by atomic mass is 10.1. The summed E-state index contributed by atoms with van der Waals surface area (Å²) in [6.45, 7) is 1.91. The fraction of sp³-hybridized carbons (Fsp3) is 0.565. The number of nitrogens with one attached hydrogen (secondary N) is 1. The average Bonchev–Trinajstić information content (AvgIpc) is 3.41. The summed E-state index contributed by atoms with van der Waals surface area (Å²) in [5.74, 6) is -0.472. The van der Waals surface area contributed by atoms with Crippen LogP contribution in [0.5, 0.6) is 0 Å². The second kappa shape index (κ2) is 11.5. The van der Waals surface area contributed by atoms with Gasteiger partial charge in [0, 0.05) is 24.1 Å². The van der Waals surface area contributed by atoms with Gasteiger partial charge in [0.05, 0.1) is 25.4 Å². The van der Waals surface area contributed by atoms with Crippen molar-refractivity contribution in [1.82, 2.24) is 25.0 Å². The molecule has 0 aliphatic heterocycles. The number of rotatable bonds is 10. The highest BCUT2D eigenvalue weighted by Gasteiger charge is 2.45. The Hall–Kier alpha value is -2.49. The molecule has 2 fully saturated rings.